The average Bonchev–Trinajstić information content (AvgIpc) is 3.15. The molecule has 0 radical (unpaired) electrons. The lowest BCUT2D eigenvalue weighted by Gasteiger charge is -2.21. The molecular weight excluding hydrogens is 612 g/mol. The van der Waals surface area contributed by atoms with Crippen LogP contribution in [0.3, 0.4) is 0 Å². The number of benzene rings is 7. The van der Waals surface area contributed by atoms with Gasteiger partial charge in [-0.15, -0.1) is 20.5 Å². The number of hydrogen-bond donors (Lipinski definition) is 2. The molecule has 0 aromatic heterocycles. The van der Waals surface area contributed by atoms with Crippen LogP contribution in [0.2, 0.25) is 0 Å². The molecule has 0 unspecified atom stereocenters. The van der Waals surface area contributed by atoms with Gasteiger partial charge in [0.05, 0.1) is 14.2 Å². The molecule has 0 saturated heterocycles. The summed E-state index contributed by atoms with van der Waals surface area (Å²) >= 11 is 0. The van der Waals surface area contributed by atoms with Crippen molar-refractivity contribution in [1.29, 1.82) is 0 Å². The zero-order valence-corrected chi connectivity index (χ0v) is 26.9. The van der Waals surface area contributed by atoms with Crippen LogP contribution in [-0.2, 0) is 0 Å². The third-order valence-electron chi connectivity index (χ3n) is 8.48. The third-order valence-corrected chi connectivity index (χ3v) is 8.48. The lowest BCUT2D eigenvalue weighted by molar-refractivity contribution is 0.414. The number of hydrogen-bond acceptors (Lipinski definition) is 8. The number of methoxy groups -OCH3 is 2. The van der Waals surface area contributed by atoms with Gasteiger partial charge in [-0.05, 0) is 63.9 Å². The number of phenols is 2. The fourth-order valence-corrected chi connectivity index (χ4v) is 6.04. The van der Waals surface area contributed by atoms with Crippen LogP contribution >= 0.6 is 0 Å². The number of azo groups is 2. The van der Waals surface area contributed by atoms with Crippen molar-refractivity contribution in [2.45, 2.75) is 5.92 Å². The zero-order chi connectivity index (χ0) is 33.7. The maximum atomic E-state index is 10.6. The van der Waals surface area contributed by atoms with Crippen molar-refractivity contribution >= 4 is 44.3 Å². The Balaban J connectivity index is 1.26. The van der Waals surface area contributed by atoms with E-state index >= 15 is 0 Å². The maximum absolute atomic E-state index is 10.6. The predicted octanol–water partition coefficient (Wildman–Crippen LogP) is 11.4. The lowest BCUT2D eigenvalue weighted by Crippen LogP contribution is -2.04. The highest BCUT2D eigenvalue weighted by Crippen LogP contribution is 2.43. The highest BCUT2D eigenvalue weighted by atomic mass is 16.5. The van der Waals surface area contributed by atoms with Crippen molar-refractivity contribution in [2.24, 2.45) is 20.5 Å². The minimum absolute atomic E-state index is 0.0491. The fourth-order valence-electron chi connectivity index (χ4n) is 6.04. The molecule has 2 N–H and O–H groups in total. The smallest absolute Gasteiger partial charge is 0.146 e. The van der Waals surface area contributed by atoms with Gasteiger partial charge >= 0.3 is 0 Å². The molecule has 0 aliphatic carbocycles. The minimum Gasteiger partial charge on any atom is -0.506 e. The van der Waals surface area contributed by atoms with E-state index in [9.17, 15) is 10.2 Å². The van der Waals surface area contributed by atoms with E-state index in [2.05, 4.69) is 32.6 Å². The van der Waals surface area contributed by atoms with Gasteiger partial charge in [0.1, 0.15) is 45.7 Å². The van der Waals surface area contributed by atoms with E-state index in [4.69, 9.17) is 9.47 Å². The van der Waals surface area contributed by atoms with Gasteiger partial charge in [-0.25, -0.2) is 0 Å². The van der Waals surface area contributed by atoms with Crippen LogP contribution in [0.25, 0.3) is 21.5 Å². The van der Waals surface area contributed by atoms with Gasteiger partial charge in [-0.1, -0.05) is 103 Å². The number of nitrogens with zero attached hydrogens (tertiary/aromatic N) is 4. The molecule has 0 heterocycles. The second-order valence-electron chi connectivity index (χ2n) is 11.4. The third kappa shape index (κ3) is 6.27. The molecule has 8 nitrogen and oxygen atoms in total. The van der Waals surface area contributed by atoms with E-state index in [-0.39, 0.29) is 17.4 Å². The highest BCUT2D eigenvalue weighted by molar-refractivity contribution is 5.96. The maximum Gasteiger partial charge on any atom is 0.146 e. The summed E-state index contributed by atoms with van der Waals surface area (Å²) in [5.74, 6) is 0.981. The summed E-state index contributed by atoms with van der Waals surface area (Å²) in [5.41, 5.74) is 4.83. The van der Waals surface area contributed by atoms with Crippen molar-refractivity contribution in [3.8, 4) is 23.0 Å². The molecule has 0 spiro atoms. The molecule has 240 valence electrons. The molecule has 7 aromatic carbocycles. The highest BCUT2D eigenvalue weighted by Gasteiger charge is 2.21. The van der Waals surface area contributed by atoms with Crippen LogP contribution in [0.1, 0.15) is 22.6 Å². The van der Waals surface area contributed by atoms with Gasteiger partial charge in [0.2, 0.25) is 0 Å². The van der Waals surface area contributed by atoms with Crippen LogP contribution in [0.5, 0.6) is 23.0 Å². The van der Waals surface area contributed by atoms with Crippen LogP contribution < -0.4 is 9.47 Å². The SMILES string of the molecule is COc1cc(C(c2ccccc2)c2ccc(N=Nc3c(O)ccc4ccccc34)c(OC)c2)ccc1N=Nc1c(O)ccc2ccccc12. The minimum atomic E-state index is -0.190. The monoisotopic (exact) mass is 644 g/mol. The number of rotatable bonds is 9. The Labute approximate surface area is 283 Å². The largest absolute Gasteiger partial charge is 0.506 e. The molecule has 0 amide bonds. The van der Waals surface area contributed by atoms with Crippen molar-refractivity contribution in [1.82, 2.24) is 0 Å². The molecular formula is C41H32N4O4. The Bertz CT molecular complexity index is 2210. The van der Waals surface area contributed by atoms with Crippen LogP contribution in [0.4, 0.5) is 22.7 Å². The van der Waals surface area contributed by atoms with Crippen molar-refractivity contribution in [3.63, 3.8) is 0 Å². The first-order valence-electron chi connectivity index (χ1n) is 15.7. The summed E-state index contributed by atoms with van der Waals surface area (Å²) in [7, 11) is 3.20. The number of aromatic hydroxyl groups is 2. The molecule has 49 heavy (non-hydrogen) atoms. The molecule has 0 aliphatic heterocycles. The van der Waals surface area contributed by atoms with E-state index < -0.39 is 0 Å². The Hall–Kier alpha value is -6.54. The molecule has 0 saturated carbocycles. The van der Waals surface area contributed by atoms with Gasteiger partial charge in [0.15, 0.2) is 0 Å². The second-order valence-corrected chi connectivity index (χ2v) is 11.4. The summed E-state index contributed by atoms with van der Waals surface area (Å²) < 4.78 is 11.6. The van der Waals surface area contributed by atoms with Crippen molar-refractivity contribution in [2.75, 3.05) is 14.2 Å². The van der Waals surface area contributed by atoms with E-state index in [1.54, 1.807) is 26.4 Å². The van der Waals surface area contributed by atoms with Gasteiger partial charge < -0.3 is 19.7 Å². The Morgan fingerprint density at radius 1 is 0.449 bits per heavy atom. The Kier molecular flexibility index (Phi) is 8.67. The standard InChI is InChI=1S/C41H32N4O4/c1-48-37-24-29(16-20-33(37)42-44-40-31-14-8-6-10-26(31)18-22-35(40)46)39(28-12-4-3-5-13-28)30-17-21-34(38(25-30)49-2)43-45-41-32-15-9-7-11-27(32)19-23-36(41)47/h3-25,39,46-47H,1-2H3. The first kappa shape index (κ1) is 31.1. The number of ether oxygens (including phenoxy) is 2. The Morgan fingerprint density at radius 3 is 1.37 bits per heavy atom. The van der Waals surface area contributed by atoms with E-state index in [1.807, 2.05) is 115 Å². The molecule has 7 rings (SSSR count). The molecule has 0 bridgehead atoms. The summed E-state index contributed by atoms with van der Waals surface area (Å²) in [4.78, 5) is 0. The van der Waals surface area contributed by atoms with E-state index in [0.717, 1.165) is 38.2 Å². The van der Waals surface area contributed by atoms with E-state index in [0.29, 0.717) is 34.2 Å². The molecule has 0 aliphatic rings. The van der Waals surface area contributed by atoms with Gasteiger partial charge in [0.25, 0.3) is 0 Å². The number of fused-ring (bicyclic) bond motifs is 2. The quantitative estimate of drug-likeness (QED) is 0.120. The summed E-state index contributed by atoms with van der Waals surface area (Å²) in [5, 5.41) is 42.5. The summed E-state index contributed by atoms with van der Waals surface area (Å²) in [6, 6.07) is 44.2. The molecule has 0 fully saturated rings. The first-order valence-corrected chi connectivity index (χ1v) is 15.7. The zero-order valence-electron chi connectivity index (χ0n) is 26.9. The second kappa shape index (κ2) is 13.7. The molecule has 0 atom stereocenters. The summed E-state index contributed by atoms with van der Waals surface area (Å²) in [6.07, 6.45) is 0. The Morgan fingerprint density at radius 2 is 0.898 bits per heavy atom. The van der Waals surface area contributed by atoms with Crippen LogP contribution in [0, 0.1) is 0 Å². The van der Waals surface area contributed by atoms with Crippen LogP contribution in [0.15, 0.2) is 160 Å². The normalized spacial score (nSPS) is 12.2. The van der Waals surface area contributed by atoms with Crippen molar-refractivity contribution in [3.05, 3.63) is 156 Å². The van der Waals surface area contributed by atoms with Gasteiger partial charge in [-0.3, -0.25) is 0 Å². The average molecular weight is 645 g/mol. The fraction of sp³-hybridized carbons (Fsp3) is 0.0732. The lowest BCUT2D eigenvalue weighted by atomic mass is 9.84. The van der Waals surface area contributed by atoms with Crippen molar-refractivity contribution < 1.29 is 19.7 Å². The topological polar surface area (TPSA) is 108 Å². The van der Waals surface area contributed by atoms with Gasteiger partial charge in [-0.2, -0.15) is 0 Å². The van der Waals surface area contributed by atoms with Gasteiger partial charge in [0, 0.05) is 16.7 Å². The predicted molar refractivity (Wildman–Crippen MR) is 193 cm³/mol. The number of phenolic OH excluding ortho intramolecular Hbond substituents is 2. The van der Waals surface area contributed by atoms with E-state index in [1.165, 1.54) is 0 Å². The first-order chi connectivity index (χ1) is 24.0. The molecule has 8 heteroatoms. The molecule has 7 aromatic rings. The van der Waals surface area contributed by atoms with Crippen LogP contribution in [-0.4, -0.2) is 24.4 Å². The summed E-state index contributed by atoms with van der Waals surface area (Å²) in [6.45, 7) is 0.